The van der Waals surface area contributed by atoms with Gasteiger partial charge in [0, 0.05) is 13.0 Å². The van der Waals surface area contributed by atoms with Crippen LogP contribution in [0.5, 0.6) is 0 Å². The van der Waals surface area contributed by atoms with E-state index in [9.17, 15) is 31.2 Å². The van der Waals surface area contributed by atoms with Gasteiger partial charge in [0.1, 0.15) is 6.54 Å². The van der Waals surface area contributed by atoms with Gasteiger partial charge in [0.05, 0.1) is 22.8 Å². The number of rotatable bonds is 4. The number of para-hydroxylation sites is 1. The first kappa shape index (κ1) is 19.2. The highest BCUT2D eigenvalue weighted by Gasteiger charge is 2.36. The van der Waals surface area contributed by atoms with E-state index in [1.165, 1.54) is 19.1 Å². The number of halogens is 3. The Hall–Kier alpha value is -2.10. The number of carbonyl (C=O) groups excluding carboxylic acids is 2. The number of nitrogens with zero attached hydrogens (tertiary/aromatic N) is 1. The minimum Gasteiger partial charge on any atom is -0.330 e. The fraction of sp³-hybridized carbons (Fsp3) is 0.467. The van der Waals surface area contributed by atoms with E-state index in [2.05, 4.69) is 5.32 Å². The number of nitrogens with one attached hydrogen (secondary N) is 1. The van der Waals surface area contributed by atoms with Crippen molar-refractivity contribution in [3.63, 3.8) is 0 Å². The molecule has 1 atom stereocenters. The average molecular weight is 378 g/mol. The van der Waals surface area contributed by atoms with Crippen LogP contribution >= 0.6 is 0 Å². The van der Waals surface area contributed by atoms with E-state index < -0.39 is 51.7 Å². The van der Waals surface area contributed by atoms with E-state index in [0.717, 1.165) is 17.0 Å². The Bertz CT molecular complexity index is 777. The molecule has 1 aliphatic heterocycles. The first-order valence-electron chi connectivity index (χ1n) is 7.43. The summed E-state index contributed by atoms with van der Waals surface area (Å²) in [6.07, 6.45) is -4.43. The Balaban J connectivity index is 2.12. The molecule has 0 spiro atoms. The van der Waals surface area contributed by atoms with Gasteiger partial charge in [-0.3, -0.25) is 9.59 Å². The molecule has 25 heavy (non-hydrogen) atoms. The highest BCUT2D eigenvalue weighted by molar-refractivity contribution is 7.91. The second-order valence-electron chi connectivity index (χ2n) is 5.80. The van der Waals surface area contributed by atoms with Gasteiger partial charge in [-0.15, -0.1) is 0 Å². The molecule has 0 aromatic heterocycles. The second-order valence-corrected chi connectivity index (χ2v) is 8.02. The first-order valence-corrected chi connectivity index (χ1v) is 9.25. The predicted octanol–water partition coefficient (Wildman–Crippen LogP) is 1.68. The summed E-state index contributed by atoms with van der Waals surface area (Å²) in [4.78, 5) is 24.9. The van der Waals surface area contributed by atoms with Crippen molar-refractivity contribution >= 4 is 27.3 Å². The van der Waals surface area contributed by atoms with Crippen LogP contribution in [-0.4, -0.2) is 49.2 Å². The van der Waals surface area contributed by atoms with Gasteiger partial charge < -0.3 is 10.2 Å². The number of amides is 2. The Labute approximate surface area is 142 Å². The quantitative estimate of drug-likeness (QED) is 0.864. The number of benzene rings is 1. The number of sulfone groups is 1. The summed E-state index contributed by atoms with van der Waals surface area (Å²) >= 11 is 0. The molecule has 1 aliphatic rings. The van der Waals surface area contributed by atoms with E-state index in [4.69, 9.17) is 0 Å². The molecule has 0 radical (unpaired) electrons. The summed E-state index contributed by atoms with van der Waals surface area (Å²) in [6.45, 7) is 0.670. The highest BCUT2D eigenvalue weighted by Crippen LogP contribution is 2.34. The molecule has 1 aromatic carbocycles. The largest absolute Gasteiger partial charge is 0.418 e. The van der Waals surface area contributed by atoms with Gasteiger partial charge in [0.25, 0.3) is 0 Å². The summed E-state index contributed by atoms with van der Waals surface area (Å²) < 4.78 is 61.9. The first-order chi connectivity index (χ1) is 11.5. The van der Waals surface area contributed by atoms with E-state index >= 15 is 0 Å². The fourth-order valence-electron chi connectivity index (χ4n) is 2.70. The molecule has 10 heteroatoms. The van der Waals surface area contributed by atoms with Gasteiger partial charge in [-0.1, -0.05) is 12.1 Å². The molecule has 2 rings (SSSR count). The lowest BCUT2D eigenvalue weighted by Crippen LogP contribution is -2.44. The zero-order valence-corrected chi connectivity index (χ0v) is 14.2. The molecule has 1 N–H and O–H groups in total. The van der Waals surface area contributed by atoms with E-state index in [-0.39, 0.29) is 17.9 Å². The number of carbonyl (C=O) groups is 2. The minimum absolute atomic E-state index is 0.0834. The van der Waals surface area contributed by atoms with Crippen molar-refractivity contribution < 1.29 is 31.2 Å². The number of hydrogen-bond donors (Lipinski definition) is 1. The lowest BCUT2D eigenvalue weighted by atomic mass is 10.1. The Morgan fingerprint density at radius 2 is 1.92 bits per heavy atom. The standard InChI is InChI=1S/C15H17F3N2O4S/c1-10(21)20(11-6-7-25(23,24)9-11)8-14(22)19-13-5-3-2-4-12(13)15(16,17)18/h2-5,11H,6-9H2,1H3,(H,19,22). The van der Waals surface area contributed by atoms with Gasteiger partial charge >= 0.3 is 6.18 Å². The maximum Gasteiger partial charge on any atom is 0.418 e. The molecule has 138 valence electrons. The van der Waals surface area contributed by atoms with Crippen LogP contribution in [0.3, 0.4) is 0 Å². The number of anilines is 1. The third-order valence-corrected chi connectivity index (χ3v) is 5.62. The molecule has 6 nitrogen and oxygen atoms in total. The molecule has 0 bridgehead atoms. The van der Waals surface area contributed by atoms with Crippen molar-refractivity contribution in [1.29, 1.82) is 0 Å². The molecule has 0 saturated carbocycles. The van der Waals surface area contributed by atoms with Crippen LogP contribution in [0.25, 0.3) is 0 Å². The van der Waals surface area contributed by atoms with Gasteiger partial charge in [-0.05, 0) is 18.6 Å². The van der Waals surface area contributed by atoms with Crippen molar-refractivity contribution in [3.8, 4) is 0 Å². The predicted molar refractivity (Wildman–Crippen MR) is 84.5 cm³/mol. The van der Waals surface area contributed by atoms with Crippen LogP contribution < -0.4 is 5.32 Å². The number of hydrogen-bond acceptors (Lipinski definition) is 4. The van der Waals surface area contributed by atoms with Gasteiger partial charge in [-0.2, -0.15) is 13.2 Å². The normalized spacial score (nSPS) is 19.4. The van der Waals surface area contributed by atoms with Crippen molar-refractivity contribution in [1.82, 2.24) is 4.90 Å². The lowest BCUT2D eigenvalue weighted by Gasteiger charge is -2.26. The molecule has 1 heterocycles. The molecule has 0 aliphatic carbocycles. The molecule has 2 amide bonds. The van der Waals surface area contributed by atoms with Crippen molar-refractivity contribution in [2.24, 2.45) is 0 Å². The van der Waals surface area contributed by atoms with E-state index in [0.29, 0.717) is 0 Å². The Morgan fingerprint density at radius 3 is 2.44 bits per heavy atom. The van der Waals surface area contributed by atoms with Crippen LogP contribution in [0, 0.1) is 0 Å². The molecule has 1 unspecified atom stereocenters. The molecule has 1 fully saturated rings. The van der Waals surface area contributed by atoms with Crippen LogP contribution in [0.15, 0.2) is 24.3 Å². The fourth-order valence-corrected chi connectivity index (χ4v) is 4.43. The molecular formula is C15H17F3N2O4S. The maximum atomic E-state index is 12.9. The molecule has 1 saturated heterocycles. The zero-order valence-electron chi connectivity index (χ0n) is 13.3. The third kappa shape index (κ3) is 4.94. The molecule has 1 aromatic rings. The smallest absolute Gasteiger partial charge is 0.330 e. The number of alkyl halides is 3. The van der Waals surface area contributed by atoms with Crippen LogP contribution in [0.4, 0.5) is 18.9 Å². The zero-order chi connectivity index (χ0) is 18.8. The summed E-state index contributed by atoms with van der Waals surface area (Å²) in [5.41, 5.74) is -1.41. The lowest BCUT2D eigenvalue weighted by molar-refractivity contribution is -0.137. The van der Waals surface area contributed by atoms with E-state index in [1.54, 1.807) is 0 Å². The highest BCUT2D eigenvalue weighted by atomic mass is 32.2. The average Bonchev–Trinajstić information content (AvgIpc) is 2.83. The summed E-state index contributed by atoms with van der Waals surface area (Å²) in [6, 6.07) is 3.84. The van der Waals surface area contributed by atoms with Crippen LogP contribution in [-0.2, 0) is 25.6 Å². The third-order valence-electron chi connectivity index (χ3n) is 3.87. The Kier molecular flexibility index (Phi) is 5.40. The summed E-state index contributed by atoms with van der Waals surface area (Å²) in [5.74, 6) is -1.67. The van der Waals surface area contributed by atoms with Crippen LogP contribution in [0.1, 0.15) is 18.9 Å². The van der Waals surface area contributed by atoms with Gasteiger partial charge in [0.15, 0.2) is 9.84 Å². The maximum absolute atomic E-state index is 12.9. The monoisotopic (exact) mass is 378 g/mol. The van der Waals surface area contributed by atoms with Crippen molar-refractivity contribution in [2.45, 2.75) is 25.6 Å². The van der Waals surface area contributed by atoms with Gasteiger partial charge in [0.2, 0.25) is 11.8 Å². The Morgan fingerprint density at radius 1 is 1.28 bits per heavy atom. The summed E-state index contributed by atoms with van der Waals surface area (Å²) in [7, 11) is -3.27. The van der Waals surface area contributed by atoms with Crippen LogP contribution in [0.2, 0.25) is 0 Å². The second kappa shape index (κ2) is 7.03. The van der Waals surface area contributed by atoms with Crippen molar-refractivity contribution in [3.05, 3.63) is 29.8 Å². The molecular weight excluding hydrogens is 361 g/mol. The topological polar surface area (TPSA) is 83.6 Å². The van der Waals surface area contributed by atoms with E-state index in [1.807, 2.05) is 0 Å². The van der Waals surface area contributed by atoms with Crippen molar-refractivity contribution in [2.75, 3.05) is 23.4 Å². The van der Waals surface area contributed by atoms with Gasteiger partial charge in [-0.25, -0.2) is 8.42 Å². The summed E-state index contributed by atoms with van der Waals surface area (Å²) in [5, 5.41) is 2.14. The SMILES string of the molecule is CC(=O)N(CC(=O)Nc1ccccc1C(F)(F)F)C1CCS(=O)(=O)C1. The minimum atomic E-state index is -4.64.